The Morgan fingerprint density at radius 2 is 2.00 bits per heavy atom. The van der Waals surface area contributed by atoms with Gasteiger partial charge in [0, 0.05) is 17.5 Å². The summed E-state index contributed by atoms with van der Waals surface area (Å²) in [6, 6.07) is 8.92. The largest absolute Gasteiger partial charge is 0.300 e. The zero-order valence-corrected chi connectivity index (χ0v) is 13.5. The Morgan fingerprint density at radius 1 is 1.30 bits per heavy atom. The van der Waals surface area contributed by atoms with Gasteiger partial charge < -0.3 is 4.90 Å². The van der Waals surface area contributed by atoms with Crippen molar-refractivity contribution in [3.8, 4) is 0 Å². The van der Waals surface area contributed by atoms with E-state index in [2.05, 4.69) is 22.1 Å². The number of hydrogen-bond donors (Lipinski definition) is 1. The number of nitrogens with zero attached hydrogens (tertiary/aromatic N) is 3. The first-order chi connectivity index (χ1) is 11.2. The first-order valence-corrected chi connectivity index (χ1v) is 8.21. The Hall–Kier alpha value is -1.92. The summed E-state index contributed by atoms with van der Waals surface area (Å²) in [5.41, 5.74) is 1.31. The Morgan fingerprint density at radius 3 is 2.70 bits per heavy atom. The fourth-order valence-electron chi connectivity index (χ4n) is 4.20. The number of amides is 1. The molecule has 4 rings (SSSR count). The minimum atomic E-state index is -0.154. The Bertz CT molecular complexity index is 714. The molecule has 1 aromatic carbocycles. The molecule has 2 fully saturated rings. The SMILES string of the molecule is CON(C(=O)c1n[nH]c2ccccc12)C1CC2CCC(C1)N2C. The van der Waals surface area contributed by atoms with Crippen LogP contribution < -0.4 is 0 Å². The van der Waals surface area contributed by atoms with E-state index in [4.69, 9.17) is 4.84 Å². The predicted octanol–water partition coefficient (Wildman–Crippen LogP) is 2.19. The van der Waals surface area contributed by atoms with Crippen LogP contribution in [0.4, 0.5) is 0 Å². The number of aromatic nitrogens is 2. The third-order valence-corrected chi connectivity index (χ3v) is 5.47. The third kappa shape index (κ3) is 2.33. The number of benzene rings is 1. The average Bonchev–Trinajstić information content (AvgIpc) is 3.06. The number of aromatic amines is 1. The molecular weight excluding hydrogens is 292 g/mol. The summed E-state index contributed by atoms with van der Waals surface area (Å²) in [4.78, 5) is 20.9. The van der Waals surface area contributed by atoms with E-state index in [1.54, 1.807) is 12.2 Å². The summed E-state index contributed by atoms with van der Waals surface area (Å²) in [6.07, 6.45) is 4.37. The number of piperidine rings is 1. The number of H-pyrrole nitrogens is 1. The standard InChI is InChI=1S/C17H22N4O2/c1-20-11-7-8-12(20)10-13(9-11)21(23-2)17(22)16-14-5-3-4-6-15(14)18-19-16/h3-6,11-13H,7-10H2,1-2H3,(H,18,19). The van der Waals surface area contributed by atoms with Gasteiger partial charge in [0.15, 0.2) is 5.69 Å². The van der Waals surface area contributed by atoms with Crippen molar-refractivity contribution in [1.29, 1.82) is 0 Å². The minimum Gasteiger partial charge on any atom is -0.300 e. The third-order valence-electron chi connectivity index (χ3n) is 5.47. The van der Waals surface area contributed by atoms with Crippen LogP contribution in [0.25, 0.3) is 10.9 Å². The monoisotopic (exact) mass is 314 g/mol. The van der Waals surface area contributed by atoms with Crippen LogP contribution in [0.1, 0.15) is 36.2 Å². The van der Waals surface area contributed by atoms with E-state index in [1.165, 1.54) is 12.8 Å². The van der Waals surface area contributed by atoms with Gasteiger partial charge in [-0.15, -0.1) is 0 Å². The number of carbonyl (C=O) groups excluding carboxylic acids is 1. The van der Waals surface area contributed by atoms with Gasteiger partial charge in [-0.1, -0.05) is 18.2 Å². The molecule has 1 amide bonds. The number of rotatable bonds is 3. The Balaban J connectivity index is 1.61. The molecule has 1 aromatic heterocycles. The highest BCUT2D eigenvalue weighted by molar-refractivity contribution is 6.04. The van der Waals surface area contributed by atoms with Crippen LogP contribution >= 0.6 is 0 Å². The molecule has 2 unspecified atom stereocenters. The highest BCUT2D eigenvalue weighted by Gasteiger charge is 2.42. The number of hydroxylamine groups is 2. The summed E-state index contributed by atoms with van der Waals surface area (Å²) in [7, 11) is 3.77. The molecule has 122 valence electrons. The van der Waals surface area contributed by atoms with Gasteiger partial charge in [-0.05, 0) is 38.8 Å². The van der Waals surface area contributed by atoms with Crippen LogP contribution in [-0.2, 0) is 4.84 Å². The van der Waals surface area contributed by atoms with Crippen molar-refractivity contribution >= 4 is 16.8 Å². The molecular formula is C17H22N4O2. The first kappa shape index (κ1) is 14.7. The number of hydrogen-bond acceptors (Lipinski definition) is 4. The maximum Gasteiger partial charge on any atom is 0.298 e. The van der Waals surface area contributed by atoms with Crippen LogP contribution in [0, 0.1) is 0 Å². The van der Waals surface area contributed by atoms with E-state index in [9.17, 15) is 4.79 Å². The van der Waals surface area contributed by atoms with Crippen molar-refractivity contribution in [3.63, 3.8) is 0 Å². The lowest BCUT2D eigenvalue weighted by molar-refractivity contribution is -0.138. The number of fused-ring (bicyclic) bond motifs is 3. The van der Waals surface area contributed by atoms with Crippen LogP contribution in [0.3, 0.4) is 0 Å². The molecule has 0 spiro atoms. The minimum absolute atomic E-state index is 0.122. The van der Waals surface area contributed by atoms with Gasteiger partial charge >= 0.3 is 0 Å². The summed E-state index contributed by atoms with van der Waals surface area (Å²) < 4.78 is 0. The molecule has 2 bridgehead atoms. The van der Waals surface area contributed by atoms with Gasteiger partial charge in [-0.25, -0.2) is 5.06 Å². The van der Waals surface area contributed by atoms with Gasteiger partial charge in [-0.3, -0.25) is 14.7 Å². The fraction of sp³-hybridized carbons (Fsp3) is 0.529. The van der Waals surface area contributed by atoms with E-state index in [0.29, 0.717) is 17.8 Å². The van der Waals surface area contributed by atoms with E-state index < -0.39 is 0 Å². The van der Waals surface area contributed by atoms with Gasteiger partial charge in [0.05, 0.1) is 18.7 Å². The van der Waals surface area contributed by atoms with Crippen molar-refractivity contribution in [2.75, 3.05) is 14.2 Å². The number of carbonyl (C=O) groups is 1. The molecule has 6 heteroatoms. The number of para-hydroxylation sites is 1. The lowest BCUT2D eigenvalue weighted by atomic mass is 9.97. The summed E-state index contributed by atoms with van der Waals surface area (Å²) in [6.45, 7) is 0. The molecule has 2 atom stereocenters. The highest BCUT2D eigenvalue weighted by Crippen LogP contribution is 2.36. The van der Waals surface area contributed by atoms with Crippen LogP contribution in [0.15, 0.2) is 24.3 Å². The zero-order chi connectivity index (χ0) is 16.0. The summed E-state index contributed by atoms with van der Waals surface area (Å²) in [5, 5.41) is 9.53. The van der Waals surface area contributed by atoms with Crippen LogP contribution in [0.2, 0.25) is 0 Å². The van der Waals surface area contributed by atoms with Gasteiger partial charge in [0.25, 0.3) is 5.91 Å². The molecule has 1 N–H and O–H groups in total. The second-order valence-corrected chi connectivity index (χ2v) is 6.61. The van der Waals surface area contributed by atoms with Crippen LogP contribution in [0.5, 0.6) is 0 Å². The molecule has 23 heavy (non-hydrogen) atoms. The normalized spacial score (nSPS) is 27.5. The molecule has 2 aromatic rings. The quantitative estimate of drug-likeness (QED) is 0.882. The molecule has 0 aliphatic carbocycles. The Labute approximate surface area is 135 Å². The van der Waals surface area contributed by atoms with Gasteiger partial charge in [-0.2, -0.15) is 5.10 Å². The molecule has 2 aliphatic rings. The van der Waals surface area contributed by atoms with Gasteiger partial charge in [0.2, 0.25) is 0 Å². The maximum atomic E-state index is 13.0. The lowest BCUT2D eigenvalue weighted by Gasteiger charge is -2.40. The van der Waals surface area contributed by atoms with Crippen molar-refractivity contribution in [3.05, 3.63) is 30.0 Å². The lowest BCUT2D eigenvalue weighted by Crippen LogP contribution is -2.50. The first-order valence-electron chi connectivity index (χ1n) is 8.21. The van der Waals surface area contributed by atoms with Gasteiger partial charge in [0.1, 0.15) is 0 Å². The Kier molecular flexibility index (Phi) is 3.58. The molecule has 3 heterocycles. The predicted molar refractivity (Wildman–Crippen MR) is 86.9 cm³/mol. The van der Waals surface area contributed by atoms with Crippen molar-refractivity contribution in [1.82, 2.24) is 20.2 Å². The molecule has 6 nitrogen and oxygen atoms in total. The number of nitrogens with one attached hydrogen (secondary N) is 1. The van der Waals surface area contributed by atoms with E-state index in [0.717, 1.165) is 23.7 Å². The smallest absolute Gasteiger partial charge is 0.298 e. The van der Waals surface area contributed by atoms with Crippen molar-refractivity contribution in [2.24, 2.45) is 0 Å². The van der Waals surface area contributed by atoms with Crippen LogP contribution in [-0.4, -0.2) is 58.4 Å². The maximum absolute atomic E-state index is 13.0. The second-order valence-electron chi connectivity index (χ2n) is 6.61. The van der Waals surface area contributed by atoms with Crippen molar-refractivity contribution in [2.45, 2.75) is 43.8 Å². The fourth-order valence-corrected chi connectivity index (χ4v) is 4.20. The molecule has 0 radical (unpaired) electrons. The van der Waals surface area contributed by atoms with Crippen molar-refractivity contribution < 1.29 is 9.63 Å². The van der Waals surface area contributed by atoms with E-state index in [1.807, 2.05) is 24.3 Å². The van der Waals surface area contributed by atoms with E-state index >= 15 is 0 Å². The van der Waals surface area contributed by atoms with E-state index in [-0.39, 0.29) is 11.9 Å². The average molecular weight is 314 g/mol. The highest BCUT2D eigenvalue weighted by atomic mass is 16.7. The molecule has 0 saturated carbocycles. The molecule has 2 saturated heterocycles. The zero-order valence-electron chi connectivity index (χ0n) is 13.5. The molecule has 2 aliphatic heterocycles. The second kappa shape index (κ2) is 5.62. The summed E-state index contributed by atoms with van der Waals surface area (Å²) in [5.74, 6) is -0.154. The topological polar surface area (TPSA) is 61.5 Å². The summed E-state index contributed by atoms with van der Waals surface area (Å²) >= 11 is 0.